The molecule has 4 heteroatoms. The van der Waals surface area contributed by atoms with Crippen LogP contribution in [0.4, 0.5) is 0 Å². The summed E-state index contributed by atoms with van der Waals surface area (Å²) in [5, 5.41) is 12.8. The van der Waals surface area contributed by atoms with Gasteiger partial charge >= 0.3 is 0 Å². The molecule has 1 fully saturated rings. The second kappa shape index (κ2) is 4.04. The smallest absolute Gasteiger partial charge is 0.117 e. The second-order valence-electron chi connectivity index (χ2n) is 4.82. The van der Waals surface area contributed by atoms with Gasteiger partial charge in [-0.15, -0.1) is 0 Å². The van der Waals surface area contributed by atoms with Crippen LogP contribution in [0.15, 0.2) is 18.2 Å². The number of aromatic hydroxyl groups is 1. The first-order chi connectivity index (χ1) is 8.24. The summed E-state index contributed by atoms with van der Waals surface area (Å²) in [5.74, 6) is 2.09. The van der Waals surface area contributed by atoms with Gasteiger partial charge in [-0.05, 0) is 37.6 Å². The minimum Gasteiger partial charge on any atom is -0.508 e. The third-order valence-electron chi connectivity index (χ3n) is 3.59. The number of aryl methyl sites for hydroxylation is 1. The van der Waals surface area contributed by atoms with E-state index in [1.807, 2.05) is 13.1 Å². The molecule has 0 saturated carbocycles. The topological polar surface area (TPSA) is 50.1 Å². The van der Waals surface area contributed by atoms with Crippen LogP contribution in [0.1, 0.15) is 12.2 Å². The van der Waals surface area contributed by atoms with Crippen molar-refractivity contribution in [2.24, 2.45) is 13.0 Å². The zero-order valence-electron chi connectivity index (χ0n) is 9.98. The van der Waals surface area contributed by atoms with Gasteiger partial charge in [-0.1, -0.05) is 0 Å². The van der Waals surface area contributed by atoms with Crippen molar-refractivity contribution in [2.45, 2.75) is 12.8 Å². The first-order valence-electron chi connectivity index (χ1n) is 6.09. The van der Waals surface area contributed by atoms with Crippen LogP contribution in [0.5, 0.6) is 5.75 Å². The van der Waals surface area contributed by atoms with E-state index in [-0.39, 0.29) is 5.75 Å². The molecule has 2 aromatic rings. The average Bonchev–Trinajstić information content (AvgIpc) is 2.89. The largest absolute Gasteiger partial charge is 0.508 e. The molecule has 0 spiro atoms. The van der Waals surface area contributed by atoms with Crippen molar-refractivity contribution in [1.29, 1.82) is 0 Å². The zero-order valence-corrected chi connectivity index (χ0v) is 9.98. The summed E-state index contributed by atoms with van der Waals surface area (Å²) >= 11 is 0. The van der Waals surface area contributed by atoms with Gasteiger partial charge in [-0.25, -0.2) is 4.98 Å². The van der Waals surface area contributed by atoms with Gasteiger partial charge in [0.25, 0.3) is 0 Å². The Morgan fingerprint density at radius 2 is 2.41 bits per heavy atom. The molecule has 1 atom stereocenters. The third kappa shape index (κ3) is 1.89. The normalized spacial score (nSPS) is 20.2. The Kier molecular flexibility index (Phi) is 2.52. The summed E-state index contributed by atoms with van der Waals surface area (Å²) in [6.07, 6.45) is 2.24. The highest BCUT2D eigenvalue weighted by Crippen LogP contribution is 2.22. The molecule has 2 heterocycles. The summed E-state index contributed by atoms with van der Waals surface area (Å²) in [7, 11) is 2.05. The fourth-order valence-corrected chi connectivity index (χ4v) is 2.57. The molecular formula is C13H17N3O. The van der Waals surface area contributed by atoms with Gasteiger partial charge in [0.15, 0.2) is 0 Å². The molecule has 4 nitrogen and oxygen atoms in total. The number of imidazole rings is 1. The number of hydrogen-bond acceptors (Lipinski definition) is 3. The summed E-state index contributed by atoms with van der Waals surface area (Å²) < 4.78 is 2.13. The Hall–Kier alpha value is -1.55. The predicted molar refractivity (Wildman–Crippen MR) is 67.1 cm³/mol. The van der Waals surface area contributed by atoms with Crippen molar-refractivity contribution in [2.75, 3.05) is 13.1 Å². The standard InChI is InChI=1S/C13H17N3O/c1-16-12-3-2-10(17)7-11(12)15-13(16)6-9-4-5-14-8-9/h2-3,7,9,14,17H,4-6,8H2,1H3. The number of benzene rings is 1. The van der Waals surface area contributed by atoms with E-state index in [9.17, 15) is 5.11 Å². The van der Waals surface area contributed by atoms with Crippen molar-refractivity contribution in [1.82, 2.24) is 14.9 Å². The molecule has 0 bridgehead atoms. The van der Waals surface area contributed by atoms with Crippen molar-refractivity contribution in [3.63, 3.8) is 0 Å². The van der Waals surface area contributed by atoms with Gasteiger partial charge in [-0.2, -0.15) is 0 Å². The molecule has 3 rings (SSSR count). The minimum absolute atomic E-state index is 0.282. The van der Waals surface area contributed by atoms with Gasteiger partial charge in [-0.3, -0.25) is 0 Å². The van der Waals surface area contributed by atoms with E-state index in [1.165, 1.54) is 6.42 Å². The zero-order chi connectivity index (χ0) is 11.8. The third-order valence-corrected chi connectivity index (χ3v) is 3.59. The number of fused-ring (bicyclic) bond motifs is 1. The highest BCUT2D eigenvalue weighted by atomic mass is 16.3. The van der Waals surface area contributed by atoms with Crippen LogP contribution in [0, 0.1) is 5.92 Å². The number of nitrogens with one attached hydrogen (secondary N) is 1. The molecule has 1 aliphatic heterocycles. The van der Waals surface area contributed by atoms with E-state index in [1.54, 1.807) is 12.1 Å². The van der Waals surface area contributed by atoms with Crippen LogP contribution < -0.4 is 5.32 Å². The molecule has 1 unspecified atom stereocenters. The van der Waals surface area contributed by atoms with E-state index >= 15 is 0 Å². The Morgan fingerprint density at radius 3 is 3.18 bits per heavy atom. The lowest BCUT2D eigenvalue weighted by atomic mass is 10.0. The molecule has 1 aromatic carbocycles. The second-order valence-corrected chi connectivity index (χ2v) is 4.82. The first-order valence-corrected chi connectivity index (χ1v) is 6.09. The summed E-state index contributed by atoms with van der Waals surface area (Å²) in [5.41, 5.74) is 1.97. The lowest BCUT2D eigenvalue weighted by Crippen LogP contribution is -2.12. The van der Waals surface area contributed by atoms with Gasteiger partial charge in [0, 0.05) is 19.5 Å². The minimum atomic E-state index is 0.282. The van der Waals surface area contributed by atoms with E-state index in [4.69, 9.17) is 0 Å². The van der Waals surface area contributed by atoms with Crippen LogP contribution >= 0.6 is 0 Å². The Balaban J connectivity index is 1.96. The molecule has 1 saturated heterocycles. The SMILES string of the molecule is Cn1c(CC2CCNC2)nc2cc(O)ccc21. The average molecular weight is 231 g/mol. The van der Waals surface area contributed by atoms with Crippen LogP contribution in [0.2, 0.25) is 0 Å². The molecule has 1 aliphatic rings. The van der Waals surface area contributed by atoms with Crippen LogP contribution in [-0.4, -0.2) is 27.7 Å². The van der Waals surface area contributed by atoms with Crippen LogP contribution in [-0.2, 0) is 13.5 Å². The Morgan fingerprint density at radius 1 is 1.53 bits per heavy atom. The number of phenols is 1. The Bertz CT molecular complexity index is 541. The maximum absolute atomic E-state index is 9.46. The molecule has 90 valence electrons. The van der Waals surface area contributed by atoms with Crippen LogP contribution in [0.25, 0.3) is 11.0 Å². The maximum Gasteiger partial charge on any atom is 0.117 e. The molecular weight excluding hydrogens is 214 g/mol. The van der Waals surface area contributed by atoms with Crippen molar-refractivity contribution in [3.8, 4) is 5.75 Å². The summed E-state index contributed by atoms with van der Waals surface area (Å²) in [6.45, 7) is 2.21. The fourth-order valence-electron chi connectivity index (χ4n) is 2.57. The summed E-state index contributed by atoms with van der Waals surface area (Å²) in [4.78, 5) is 4.61. The number of nitrogens with zero attached hydrogens (tertiary/aromatic N) is 2. The lowest BCUT2D eigenvalue weighted by Gasteiger charge is -2.07. The maximum atomic E-state index is 9.46. The number of hydrogen-bond donors (Lipinski definition) is 2. The quantitative estimate of drug-likeness (QED) is 0.822. The molecule has 2 N–H and O–H groups in total. The summed E-state index contributed by atoms with van der Waals surface area (Å²) in [6, 6.07) is 5.37. The molecule has 0 radical (unpaired) electrons. The van der Waals surface area contributed by atoms with Crippen molar-refractivity contribution >= 4 is 11.0 Å². The fraction of sp³-hybridized carbons (Fsp3) is 0.462. The van der Waals surface area contributed by atoms with Crippen molar-refractivity contribution < 1.29 is 5.11 Å². The van der Waals surface area contributed by atoms with Gasteiger partial charge in [0.05, 0.1) is 11.0 Å². The van der Waals surface area contributed by atoms with Gasteiger partial charge in [0.1, 0.15) is 11.6 Å². The first kappa shape index (κ1) is 10.6. The van der Waals surface area contributed by atoms with Crippen LogP contribution in [0.3, 0.4) is 0 Å². The predicted octanol–water partition coefficient (Wildman–Crippen LogP) is 1.43. The van der Waals surface area contributed by atoms with E-state index in [0.29, 0.717) is 5.92 Å². The lowest BCUT2D eigenvalue weighted by molar-refractivity contribution is 0.476. The molecule has 0 aliphatic carbocycles. The van der Waals surface area contributed by atoms with Gasteiger partial charge in [0.2, 0.25) is 0 Å². The van der Waals surface area contributed by atoms with Gasteiger partial charge < -0.3 is 15.0 Å². The molecule has 0 amide bonds. The number of phenolic OH excluding ortho intramolecular Hbond substituents is 1. The molecule has 1 aromatic heterocycles. The van der Waals surface area contributed by atoms with E-state index in [2.05, 4.69) is 14.9 Å². The number of rotatable bonds is 2. The number of aromatic nitrogens is 2. The Labute approximate surface area is 100 Å². The highest BCUT2D eigenvalue weighted by molar-refractivity contribution is 5.77. The van der Waals surface area contributed by atoms with Crippen molar-refractivity contribution in [3.05, 3.63) is 24.0 Å². The highest BCUT2D eigenvalue weighted by Gasteiger charge is 2.18. The van der Waals surface area contributed by atoms with E-state index in [0.717, 1.165) is 36.4 Å². The van der Waals surface area contributed by atoms with E-state index < -0.39 is 0 Å². The monoisotopic (exact) mass is 231 g/mol. The molecule has 17 heavy (non-hydrogen) atoms.